The second-order valence-electron chi connectivity index (χ2n) is 12.1. The minimum atomic E-state index is -0.487. The van der Waals surface area contributed by atoms with Crippen LogP contribution in [0, 0.1) is 0 Å². The molecular weight excluding hydrogens is 522 g/mol. The van der Waals surface area contributed by atoms with Crippen LogP contribution in [0.3, 0.4) is 0 Å². The van der Waals surface area contributed by atoms with E-state index in [1.807, 2.05) is 6.08 Å². The van der Waals surface area contributed by atoms with Crippen LogP contribution < -0.4 is 5.73 Å². The van der Waals surface area contributed by atoms with E-state index in [-0.39, 0.29) is 30.8 Å². The molecule has 41 heavy (non-hydrogen) atoms. The first-order chi connectivity index (χ1) is 20.0. The van der Waals surface area contributed by atoms with E-state index in [1.165, 1.54) is 76.7 Å². The number of allylic oxidation sites excluding steroid dienone is 1. The van der Waals surface area contributed by atoms with Crippen LogP contribution in [0.5, 0.6) is 0 Å². The van der Waals surface area contributed by atoms with Crippen molar-refractivity contribution < 1.29 is 34.0 Å². The van der Waals surface area contributed by atoms with Crippen molar-refractivity contribution in [1.82, 2.24) is 0 Å². The van der Waals surface area contributed by atoms with Gasteiger partial charge in [0.05, 0.1) is 38.1 Å². The topological polar surface area (TPSA) is 120 Å². The Labute approximate surface area is 249 Å². The van der Waals surface area contributed by atoms with Crippen molar-refractivity contribution in [1.29, 1.82) is 0 Å². The molecule has 2 rings (SSSR count). The molecular formula is C33H61NO7. The Hall–Kier alpha value is -1.03. The summed E-state index contributed by atoms with van der Waals surface area (Å²) in [6.45, 7) is 3.40. The number of rotatable bonds is 26. The van der Waals surface area contributed by atoms with Gasteiger partial charge in [-0.3, -0.25) is 0 Å². The van der Waals surface area contributed by atoms with Crippen molar-refractivity contribution in [3.05, 3.63) is 12.2 Å². The van der Waals surface area contributed by atoms with Gasteiger partial charge in [0.25, 0.3) is 0 Å². The largest absolute Gasteiger partial charge is 0.463 e. The van der Waals surface area contributed by atoms with Gasteiger partial charge in [-0.15, -0.1) is 0 Å². The van der Waals surface area contributed by atoms with Crippen LogP contribution in [0.2, 0.25) is 0 Å². The zero-order chi connectivity index (χ0) is 29.6. The lowest BCUT2D eigenvalue weighted by Gasteiger charge is -2.33. The monoisotopic (exact) mass is 583 g/mol. The Morgan fingerprint density at radius 2 is 1.59 bits per heavy atom. The molecule has 8 nitrogen and oxygen atoms in total. The van der Waals surface area contributed by atoms with Gasteiger partial charge in [0.1, 0.15) is 6.10 Å². The number of carbonyl (C=O) groups excluding carboxylic acids is 1. The predicted molar refractivity (Wildman–Crippen MR) is 162 cm³/mol. The summed E-state index contributed by atoms with van der Waals surface area (Å²) in [7, 11) is 0. The highest BCUT2D eigenvalue weighted by Crippen LogP contribution is 2.44. The molecule has 0 spiro atoms. The maximum absolute atomic E-state index is 11.4. The van der Waals surface area contributed by atoms with Crippen LogP contribution in [-0.2, 0) is 23.7 Å². The summed E-state index contributed by atoms with van der Waals surface area (Å²) < 4.78 is 23.1. The zero-order valence-corrected chi connectivity index (χ0v) is 25.9. The fraction of sp³-hybridized carbons (Fsp3) is 0.909. The molecule has 8 heteroatoms. The lowest BCUT2D eigenvalue weighted by Crippen LogP contribution is -2.41. The van der Waals surface area contributed by atoms with Gasteiger partial charge in [-0.05, 0) is 45.4 Å². The van der Waals surface area contributed by atoms with Crippen molar-refractivity contribution in [2.24, 2.45) is 5.73 Å². The van der Waals surface area contributed by atoms with Crippen molar-refractivity contribution in [3.63, 3.8) is 0 Å². The van der Waals surface area contributed by atoms with Crippen molar-refractivity contribution in [2.45, 2.75) is 165 Å². The molecule has 0 aromatic carbocycles. The summed E-state index contributed by atoms with van der Waals surface area (Å²) in [5.41, 5.74) is 5.61. The zero-order valence-electron chi connectivity index (χ0n) is 25.9. The van der Waals surface area contributed by atoms with Gasteiger partial charge in [-0.2, -0.15) is 0 Å². The number of unbranched alkanes of at least 4 members (excludes halogenated alkanes) is 14. The third-order valence-corrected chi connectivity index (χ3v) is 8.35. The molecule has 2 bridgehead atoms. The van der Waals surface area contributed by atoms with Gasteiger partial charge in [-0.25, -0.2) is 4.79 Å². The molecule has 2 aliphatic rings. The number of hydrogen-bond acceptors (Lipinski definition) is 8. The summed E-state index contributed by atoms with van der Waals surface area (Å²) in [5, 5.41) is 19.3. The molecule has 2 aliphatic heterocycles. The maximum Gasteiger partial charge on any atom is 0.330 e. The van der Waals surface area contributed by atoms with Crippen LogP contribution >= 0.6 is 0 Å². The molecule has 0 aromatic heterocycles. The van der Waals surface area contributed by atoms with Crippen LogP contribution in [0.15, 0.2) is 12.2 Å². The first-order valence-electron chi connectivity index (χ1n) is 16.8. The number of carbonyl (C=O) groups is 1. The molecule has 2 saturated heterocycles. The number of fused-ring (bicyclic) bond motifs is 2. The predicted octanol–water partition coefficient (Wildman–Crippen LogP) is 6.10. The van der Waals surface area contributed by atoms with Gasteiger partial charge < -0.3 is 34.9 Å². The fourth-order valence-corrected chi connectivity index (χ4v) is 5.94. The fourth-order valence-electron chi connectivity index (χ4n) is 5.94. The minimum absolute atomic E-state index is 0.0117. The lowest BCUT2D eigenvalue weighted by atomic mass is 9.94. The van der Waals surface area contributed by atoms with Crippen LogP contribution in [-0.4, -0.2) is 72.8 Å². The third-order valence-electron chi connectivity index (χ3n) is 8.35. The van der Waals surface area contributed by atoms with Crippen LogP contribution in [0.25, 0.3) is 0 Å². The Kier molecular flexibility index (Phi) is 19.8. The summed E-state index contributed by atoms with van der Waals surface area (Å²) in [5.74, 6) is -0.767. The molecule has 0 unspecified atom stereocenters. The average molecular weight is 584 g/mol. The molecule has 240 valence electrons. The molecule has 0 radical (unpaired) electrons. The summed E-state index contributed by atoms with van der Waals surface area (Å²) in [6.07, 6.45) is 25.4. The average Bonchev–Trinajstić information content (AvgIpc) is 3.27. The van der Waals surface area contributed by atoms with Crippen molar-refractivity contribution in [2.75, 3.05) is 26.4 Å². The van der Waals surface area contributed by atoms with Crippen LogP contribution in [0.4, 0.5) is 0 Å². The molecule has 0 amide bonds. The highest BCUT2D eigenvalue weighted by Gasteiger charge is 2.52. The van der Waals surface area contributed by atoms with E-state index in [4.69, 9.17) is 29.8 Å². The van der Waals surface area contributed by atoms with Gasteiger partial charge in [0, 0.05) is 25.5 Å². The SMILES string of the molecule is CCOC(=O)/C=C/CCCC[C@H]1O[C@]2(CCCCCCCCCCCCCCCOC[C@H](N)CO)CC[C@@H](O)[C@H]1O2. The first-order valence-corrected chi connectivity index (χ1v) is 16.8. The van der Waals surface area contributed by atoms with E-state index in [0.29, 0.717) is 13.2 Å². The lowest BCUT2D eigenvalue weighted by molar-refractivity contribution is -0.214. The van der Waals surface area contributed by atoms with E-state index < -0.39 is 11.9 Å². The molecule has 5 atom stereocenters. The molecule has 0 saturated carbocycles. The highest BCUT2D eigenvalue weighted by molar-refractivity contribution is 5.81. The quantitative estimate of drug-likeness (QED) is 0.0635. The number of hydrogen-bond donors (Lipinski definition) is 3. The van der Waals surface area contributed by atoms with E-state index in [0.717, 1.165) is 64.4 Å². The third kappa shape index (κ3) is 15.8. The maximum atomic E-state index is 11.4. The summed E-state index contributed by atoms with van der Waals surface area (Å²) >= 11 is 0. The summed E-state index contributed by atoms with van der Waals surface area (Å²) in [6, 6.07) is -0.248. The Balaban J connectivity index is 1.42. The Bertz CT molecular complexity index is 690. The molecule has 2 fully saturated rings. The van der Waals surface area contributed by atoms with E-state index in [2.05, 4.69) is 0 Å². The van der Waals surface area contributed by atoms with E-state index in [1.54, 1.807) is 6.92 Å². The second-order valence-corrected chi connectivity index (χ2v) is 12.1. The smallest absolute Gasteiger partial charge is 0.330 e. The standard InChI is InChI=1S/C33H61NO7/c1-2-39-31(37)21-17-13-12-16-20-30-32-29(36)22-24-33(40-30,41-32)23-18-14-10-8-6-4-3-5-7-9-11-15-19-25-38-27-28(34)26-35/h17,21,28-30,32,35-36H,2-16,18-20,22-27,34H2,1H3/b21-17+/t28-,29-,30-,32-,33+/m1/s1. The molecule has 0 aromatic rings. The van der Waals surface area contributed by atoms with Gasteiger partial charge in [0.15, 0.2) is 5.79 Å². The molecule has 0 aliphatic carbocycles. The van der Waals surface area contributed by atoms with Gasteiger partial charge in [-0.1, -0.05) is 83.1 Å². The Morgan fingerprint density at radius 3 is 2.22 bits per heavy atom. The molecule has 4 N–H and O–H groups in total. The number of aliphatic hydroxyl groups is 2. The first kappa shape index (κ1) is 36.2. The second kappa shape index (κ2) is 22.5. The van der Waals surface area contributed by atoms with Crippen molar-refractivity contribution >= 4 is 5.97 Å². The minimum Gasteiger partial charge on any atom is -0.463 e. The highest BCUT2D eigenvalue weighted by atomic mass is 16.8. The van der Waals surface area contributed by atoms with E-state index in [9.17, 15) is 9.90 Å². The van der Waals surface area contributed by atoms with E-state index >= 15 is 0 Å². The van der Waals surface area contributed by atoms with Crippen molar-refractivity contribution in [3.8, 4) is 0 Å². The van der Waals surface area contributed by atoms with Gasteiger partial charge in [0.2, 0.25) is 0 Å². The number of esters is 1. The van der Waals surface area contributed by atoms with Crippen LogP contribution in [0.1, 0.15) is 135 Å². The molecule has 2 heterocycles. The van der Waals surface area contributed by atoms with Gasteiger partial charge >= 0.3 is 5.97 Å². The summed E-state index contributed by atoms with van der Waals surface area (Å²) in [4.78, 5) is 11.4. The normalized spacial score (nSPS) is 24.7. The number of ether oxygens (including phenoxy) is 4. The Morgan fingerprint density at radius 1 is 0.951 bits per heavy atom. The number of aliphatic hydroxyl groups excluding tert-OH is 2. The number of nitrogens with two attached hydrogens (primary N) is 1.